The molecule has 1 fully saturated rings. The van der Waals surface area contributed by atoms with Gasteiger partial charge in [0.15, 0.2) is 0 Å². The van der Waals surface area contributed by atoms with E-state index in [9.17, 15) is 14.0 Å². The van der Waals surface area contributed by atoms with Gasteiger partial charge in [-0.1, -0.05) is 42.5 Å². The highest BCUT2D eigenvalue weighted by Gasteiger charge is 2.33. The minimum atomic E-state index is -0.332. The molecule has 0 spiro atoms. The van der Waals surface area contributed by atoms with Crippen molar-refractivity contribution in [2.45, 2.75) is 13.0 Å². The molecule has 2 amide bonds. The third kappa shape index (κ3) is 2.96. The van der Waals surface area contributed by atoms with E-state index in [-0.39, 0.29) is 30.6 Å². The number of hydrogen-bond acceptors (Lipinski definition) is 2. The largest absolute Gasteiger partial charge is 0.274 e. The van der Waals surface area contributed by atoms with Crippen molar-refractivity contribution >= 4 is 17.9 Å². The number of carbonyl (C=O) groups is 2. The number of halogens is 1. The quantitative estimate of drug-likeness (QED) is 0.644. The number of imide groups is 1. The normalized spacial score (nSPS) is 16.6. The van der Waals surface area contributed by atoms with Crippen molar-refractivity contribution in [1.29, 1.82) is 0 Å². The Bertz CT molecular complexity index is 735. The van der Waals surface area contributed by atoms with Gasteiger partial charge in [0.05, 0.1) is 13.0 Å². The van der Waals surface area contributed by atoms with Gasteiger partial charge in [-0.2, -0.15) is 0 Å². The van der Waals surface area contributed by atoms with Gasteiger partial charge in [-0.3, -0.25) is 14.5 Å². The van der Waals surface area contributed by atoms with Crippen molar-refractivity contribution in [1.82, 2.24) is 4.90 Å². The summed E-state index contributed by atoms with van der Waals surface area (Å²) in [6, 6.07) is 15.2. The predicted octanol–water partition coefficient (Wildman–Crippen LogP) is 3.17. The van der Waals surface area contributed by atoms with Crippen molar-refractivity contribution in [3.05, 3.63) is 77.1 Å². The van der Waals surface area contributed by atoms with Crippen molar-refractivity contribution in [3.8, 4) is 0 Å². The lowest BCUT2D eigenvalue weighted by atomic mass is 10.1. The number of benzene rings is 2. The molecule has 0 radical (unpaired) electrons. The second-order valence-electron chi connectivity index (χ2n) is 5.17. The molecule has 0 atom stereocenters. The number of likely N-dealkylation sites (tertiary alicyclic amines) is 1. The van der Waals surface area contributed by atoms with Gasteiger partial charge in [0.2, 0.25) is 5.91 Å². The molecule has 1 aliphatic heterocycles. The summed E-state index contributed by atoms with van der Waals surface area (Å²) >= 11 is 0. The molecule has 1 heterocycles. The Hall–Kier alpha value is -2.75. The summed E-state index contributed by atoms with van der Waals surface area (Å²) in [4.78, 5) is 25.7. The van der Waals surface area contributed by atoms with E-state index in [4.69, 9.17) is 0 Å². The fourth-order valence-corrected chi connectivity index (χ4v) is 2.42. The Morgan fingerprint density at radius 1 is 1.00 bits per heavy atom. The fraction of sp³-hybridized carbons (Fsp3) is 0.111. The molecule has 4 heteroatoms. The van der Waals surface area contributed by atoms with Gasteiger partial charge < -0.3 is 0 Å². The molecule has 2 aromatic rings. The van der Waals surface area contributed by atoms with Crippen LogP contribution in [0.1, 0.15) is 17.5 Å². The van der Waals surface area contributed by atoms with Crippen LogP contribution in [-0.4, -0.2) is 16.7 Å². The number of nitrogens with zero attached hydrogens (tertiary/aromatic N) is 1. The molecule has 110 valence electrons. The first-order valence-corrected chi connectivity index (χ1v) is 6.98. The third-order valence-corrected chi connectivity index (χ3v) is 3.56. The monoisotopic (exact) mass is 295 g/mol. The number of rotatable bonds is 3. The van der Waals surface area contributed by atoms with Crippen molar-refractivity contribution in [3.63, 3.8) is 0 Å². The lowest BCUT2D eigenvalue weighted by Crippen LogP contribution is -2.28. The van der Waals surface area contributed by atoms with E-state index in [1.807, 2.05) is 30.3 Å². The topological polar surface area (TPSA) is 37.4 Å². The van der Waals surface area contributed by atoms with Crippen LogP contribution in [0.5, 0.6) is 0 Å². The molecule has 0 unspecified atom stereocenters. The van der Waals surface area contributed by atoms with Crippen molar-refractivity contribution < 1.29 is 14.0 Å². The molecule has 1 aliphatic rings. The summed E-state index contributed by atoms with van der Waals surface area (Å²) < 4.78 is 12.9. The molecule has 3 nitrogen and oxygen atoms in total. The molecular weight excluding hydrogens is 281 g/mol. The van der Waals surface area contributed by atoms with Crippen LogP contribution in [0.4, 0.5) is 4.39 Å². The van der Waals surface area contributed by atoms with Gasteiger partial charge in [-0.05, 0) is 29.3 Å². The molecule has 1 saturated heterocycles. The van der Waals surface area contributed by atoms with Crippen molar-refractivity contribution in [2.75, 3.05) is 0 Å². The number of hydrogen-bond donors (Lipinski definition) is 0. The fourth-order valence-electron chi connectivity index (χ4n) is 2.42. The summed E-state index contributed by atoms with van der Waals surface area (Å²) in [6.07, 6.45) is 1.73. The van der Waals surface area contributed by atoms with E-state index in [0.717, 1.165) is 5.56 Å². The number of amides is 2. The van der Waals surface area contributed by atoms with Gasteiger partial charge in [-0.15, -0.1) is 0 Å². The van der Waals surface area contributed by atoms with Crippen LogP contribution >= 0.6 is 0 Å². The third-order valence-electron chi connectivity index (χ3n) is 3.56. The van der Waals surface area contributed by atoms with Crippen LogP contribution in [-0.2, 0) is 16.1 Å². The van der Waals surface area contributed by atoms with Gasteiger partial charge in [0.1, 0.15) is 5.82 Å². The molecule has 0 saturated carbocycles. The van der Waals surface area contributed by atoms with E-state index in [1.165, 1.54) is 17.0 Å². The predicted molar refractivity (Wildman–Crippen MR) is 81.0 cm³/mol. The van der Waals surface area contributed by atoms with Crippen LogP contribution in [0, 0.1) is 5.82 Å². The van der Waals surface area contributed by atoms with Gasteiger partial charge >= 0.3 is 0 Å². The first-order chi connectivity index (χ1) is 10.6. The van der Waals surface area contributed by atoms with E-state index >= 15 is 0 Å². The molecule has 22 heavy (non-hydrogen) atoms. The summed E-state index contributed by atoms with van der Waals surface area (Å²) in [5.74, 6) is -0.818. The Balaban J connectivity index is 1.80. The average Bonchev–Trinajstić information content (AvgIpc) is 2.78. The highest BCUT2D eigenvalue weighted by atomic mass is 19.1. The standard InChI is InChI=1S/C18H14FNO2/c19-16-8-6-13(7-9-16)10-15-11-17(21)20(18(15)22)12-14-4-2-1-3-5-14/h1-10H,11-12H2/b15-10+. The minimum Gasteiger partial charge on any atom is -0.274 e. The van der Waals surface area contributed by atoms with Crippen LogP contribution in [0.3, 0.4) is 0 Å². The van der Waals surface area contributed by atoms with Crippen LogP contribution < -0.4 is 0 Å². The molecule has 0 aromatic heterocycles. The van der Waals surface area contributed by atoms with Gasteiger partial charge in [-0.25, -0.2) is 4.39 Å². The van der Waals surface area contributed by atoms with Crippen molar-refractivity contribution in [2.24, 2.45) is 0 Å². The molecule has 2 aromatic carbocycles. The van der Waals surface area contributed by atoms with E-state index in [0.29, 0.717) is 11.1 Å². The minimum absolute atomic E-state index is 0.0864. The maximum absolute atomic E-state index is 12.9. The zero-order valence-corrected chi connectivity index (χ0v) is 11.8. The SMILES string of the molecule is O=C1C/C(=C\c2ccc(F)cc2)C(=O)N1Cc1ccccc1. The first kappa shape index (κ1) is 14.2. The lowest BCUT2D eigenvalue weighted by Gasteiger charge is -2.13. The molecular formula is C18H14FNO2. The first-order valence-electron chi connectivity index (χ1n) is 6.98. The second kappa shape index (κ2) is 5.93. The molecule has 0 bridgehead atoms. The number of carbonyl (C=O) groups excluding carboxylic acids is 2. The highest BCUT2D eigenvalue weighted by Crippen LogP contribution is 2.23. The summed E-state index contributed by atoms with van der Waals surface area (Å²) in [7, 11) is 0. The Morgan fingerprint density at radius 2 is 1.68 bits per heavy atom. The molecule has 3 rings (SSSR count). The smallest absolute Gasteiger partial charge is 0.257 e. The Morgan fingerprint density at radius 3 is 2.36 bits per heavy atom. The van der Waals surface area contributed by atoms with E-state index in [1.54, 1.807) is 18.2 Å². The Labute approximate surface area is 127 Å². The highest BCUT2D eigenvalue weighted by molar-refractivity contribution is 6.15. The second-order valence-corrected chi connectivity index (χ2v) is 5.17. The maximum atomic E-state index is 12.9. The summed E-state index contributed by atoms with van der Waals surface area (Å²) in [5, 5.41) is 0. The van der Waals surface area contributed by atoms with Crippen LogP contribution in [0.2, 0.25) is 0 Å². The van der Waals surface area contributed by atoms with Gasteiger partial charge in [0.25, 0.3) is 5.91 Å². The van der Waals surface area contributed by atoms with Gasteiger partial charge in [0, 0.05) is 5.57 Å². The average molecular weight is 295 g/mol. The zero-order valence-electron chi connectivity index (χ0n) is 11.8. The van der Waals surface area contributed by atoms with Crippen LogP contribution in [0.15, 0.2) is 60.2 Å². The lowest BCUT2D eigenvalue weighted by molar-refractivity contribution is -0.138. The Kier molecular flexibility index (Phi) is 3.83. The molecule has 0 aliphatic carbocycles. The van der Waals surface area contributed by atoms with E-state index < -0.39 is 0 Å². The van der Waals surface area contributed by atoms with Crippen LogP contribution in [0.25, 0.3) is 6.08 Å². The summed E-state index contributed by atoms with van der Waals surface area (Å²) in [6.45, 7) is 0.277. The zero-order chi connectivity index (χ0) is 15.5. The molecule has 0 N–H and O–H groups in total. The maximum Gasteiger partial charge on any atom is 0.257 e. The van der Waals surface area contributed by atoms with E-state index in [2.05, 4.69) is 0 Å². The summed E-state index contributed by atoms with van der Waals surface area (Å²) in [5.41, 5.74) is 2.05.